The molecular weight excluding hydrogens is 441 g/mol. The van der Waals surface area contributed by atoms with Crippen LogP contribution >= 0.6 is 7.14 Å². The summed E-state index contributed by atoms with van der Waals surface area (Å²) in [5.41, 5.74) is 0.488. The lowest BCUT2D eigenvalue weighted by molar-refractivity contribution is 0.584. The van der Waals surface area contributed by atoms with Gasteiger partial charge in [-0.25, -0.2) is 9.66 Å². The molecule has 0 spiro atoms. The molecule has 0 N–H and O–H groups in total. The first-order valence-corrected chi connectivity index (χ1v) is 13.0. The number of pyridine rings is 2. The highest BCUT2D eigenvalue weighted by Gasteiger charge is 2.30. The van der Waals surface area contributed by atoms with Gasteiger partial charge in [-0.3, -0.25) is 9.80 Å². The van der Waals surface area contributed by atoms with Crippen molar-refractivity contribution in [2.75, 3.05) is 12.1 Å². The number of fused-ring (bicyclic) bond motifs is 1. The predicted molar refractivity (Wildman–Crippen MR) is 140 cm³/mol. The van der Waals surface area contributed by atoms with E-state index in [-0.39, 0.29) is 11.7 Å². The van der Waals surface area contributed by atoms with Crippen molar-refractivity contribution in [3.8, 4) is 0 Å². The number of rotatable bonds is 6. The van der Waals surface area contributed by atoms with Gasteiger partial charge in [-0.15, -0.1) is 0 Å². The number of benzene rings is 3. The summed E-state index contributed by atoms with van der Waals surface area (Å²) in [5, 5.41) is 4.66. The van der Waals surface area contributed by atoms with E-state index in [2.05, 4.69) is 4.98 Å². The zero-order chi connectivity index (χ0) is 23.5. The van der Waals surface area contributed by atoms with Crippen molar-refractivity contribution < 1.29 is 4.57 Å². The van der Waals surface area contributed by atoms with Crippen LogP contribution in [0, 0.1) is 0 Å². The highest BCUT2D eigenvalue weighted by Crippen LogP contribution is 2.47. The smallest absolute Gasteiger partial charge is 0.277 e. The molecule has 0 fully saturated rings. The van der Waals surface area contributed by atoms with Crippen LogP contribution in [-0.4, -0.2) is 16.7 Å². The Morgan fingerprint density at radius 2 is 1.38 bits per heavy atom. The fourth-order valence-corrected chi connectivity index (χ4v) is 6.94. The van der Waals surface area contributed by atoms with Crippen molar-refractivity contribution in [1.29, 1.82) is 0 Å². The average molecular weight is 465 g/mol. The van der Waals surface area contributed by atoms with Crippen molar-refractivity contribution in [3.05, 3.63) is 131 Å². The Kier molecular flexibility index (Phi) is 5.87. The van der Waals surface area contributed by atoms with Crippen molar-refractivity contribution in [1.82, 2.24) is 9.66 Å². The Morgan fingerprint density at radius 1 is 0.794 bits per heavy atom. The van der Waals surface area contributed by atoms with Crippen molar-refractivity contribution in [2.45, 2.75) is 6.16 Å². The third-order valence-electron chi connectivity index (χ3n) is 5.99. The van der Waals surface area contributed by atoms with Gasteiger partial charge < -0.3 is 4.57 Å². The number of hydrogen-bond acceptors (Lipinski definition) is 4. The minimum Gasteiger partial charge on any atom is -0.313 e. The summed E-state index contributed by atoms with van der Waals surface area (Å²) < 4.78 is 16.4. The minimum atomic E-state index is -3.11. The summed E-state index contributed by atoms with van der Waals surface area (Å²) in [6.07, 6.45) is 1.88. The maximum absolute atomic E-state index is 14.8. The first kappa shape index (κ1) is 21.9. The van der Waals surface area contributed by atoms with Crippen LogP contribution in [0.2, 0.25) is 0 Å². The lowest BCUT2D eigenvalue weighted by Gasteiger charge is -2.27. The second-order valence-electron chi connectivity index (χ2n) is 8.12. The van der Waals surface area contributed by atoms with Crippen LogP contribution in [0.3, 0.4) is 0 Å². The molecule has 3 aromatic carbocycles. The van der Waals surface area contributed by atoms with Crippen LogP contribution in [0.15, 0.2) is 120 Å². The van der Waals surface area contributed by atoms with Gasteiger partial charge >= 0.3 is 0 Å². The number of aromatic nitrogens is 2. The van der Waals surface area contributed by atoms with E-state index in [0.717, 1.165) is 16.0 Å². The molecule has 5 rings (SSSR count). The molecule has 6 heteroatoms. The van der Waals surface area contributed by atoms with Crippen molar-refractivity contribution >= 4 is 34.3 Å². The molecule has 0 unspecified atom stereocenters. The van der Waals surface area contributed by atoms with Gasteiger partial charge in [-0.1, -0.05) is 84.9 Å². The van der Waals surface area contributed by atoms with Crippen LogP contribution in [-0.2, 0) is 10.7 Å². The Morgan fingerprint density at radius 3 is 2.00 bits per heavy atom. The van der Waals surface area contributed by atoms with Gasteiger partial charge in [0, 0.05) is 29.2 Å². The molecule has 0 aliphatic heterocycles. The maximum Gasteiger partial charge on any atom is 0.277 e. The largest absolute Gasteiger partial charge is 0.313 e. The van der Waals surface area contributed by atoms with Crippen LogP contribution < -0.4 is 21.2 Å². The monoisotopic (exact) mass is 465 g/mol. The number of nitrogens with zero attached hydrogens (tertiary/aromatic N) is 3. The van der Waals surface area contributed by atoms with E-state index in [4.69, 9.17) is 0 Å². The summed E-state index contributed by atoms with van der Waals surface area (Å²) in [4.78, 5) is 18.2. The highest BCUT2D eigenvalue weighted by molar-refractivity contribution is 7.78. The first-order chi connectivity index (χ1) is 16.6. The molecule has 2 aromatic heterocycles. The minimum absolute atomic E-state index is 0.172. The second-order valence-corrected chi connectivity index (χ2v) is 10.9. The SMILES string of the molecule is CN(c1ccccn1)n1c(CP(=O)(c2ccccc2)c2ccccc2)cc2ccccc2c1=O. The fourth-order valence-electron chi connectivity index (χ4n) is 4.29. The summed E-state index contributed by atoms with van der Waals surface area (Å²) in [6, 6.07) is 34.1. The van der Waals surface area contributed by atoms with Crippen molar-refractivity contribution in [3.63, 3.8) is 0 Å². The predicted octanol–water partition coefficient (Wildman–Crippen LogP) is 4.81. The van der Waals surface area contributed by atoms with Crippen LogP contribution in [0.25, 0.3) is 10.8 Å². The lowest BCUT2D eigenvalue weighted by atomic mass is 10.1. The Bertz CT molecular complexity index is 1490. The third kappa shape index (κ3) is 3.95. The molecule has 34 heavy (non-hydrogen) atoms. The molecule has 0 bridgehead atoms. The standard InChI is InChI=1S/C28H24N3O2P/c1-30(27-18-10-11-19-29-27)31-23(20-22-12-8-9-17-26(22)28(31)32)21-34(33,24-13-4-2-5-14-24)25-15-6-3-7-16-25/h2-20H,21H2,1H3. The van der Waals surface area contributed by atoms with Gasteiger partial charge in [0.1, 0.15) is 13.0 Å². The summed E-state index contributed by atoms with van der Waals surface area (Å²) in [6.45, 7) is 0. The summed E-state index contributed by atoms with van der Waals surface area (Å²) >= 11 is 0. The molecule has 0 radical (unpaired) electrons. The van der Waals surface area contributed by atoms with E-state index in [0.29, 0.717) is 16.9 Å². The van der Waals surface area contributed by atoms with Crippen LogP contribution in [0.4, 0.5) is 5.82 Å². The topological polar surface area (TPSA) is 55.2 Å². The molecule has 0 aliphatic carbocycles. The zero-order valence-electron chi connectivity index (χ0n) is 18.8. The van der Waals surface area contributed by atoms with Crippen molar-refractivity contribution in [2.24, 2.45) is 0 Å². The first-order valence-electron chi connectivity index (χ1n) is 11.1. The Hall–Kier alpha value is -3.95. The van der Waals surface area contributed by atoms with E-state index >= 15 is 0 Å². The summed E-state index contributed by atoms with van der Waals surface area (Å²) in [5.74, 6) is 0.621. The van der Waals surface area contributed by atoms with Gasteiger partial charge in [0.2, 0.25) is 0 Å². The van der Waals surface area contributed by atoms with E-state index < -0.39 is 7.14 Å². The van der Waals surface area contributed by atoms with Gasteiger partial charge in [0.05, 0.1) is 11.9 Å². The van der Waals surface area contributed by atoms with Crippen LogP contribution in [0.5, 0.6) is 0 Å². The molecular formula is C28H24N3O2P. The molecule has 2 heterocycles. The summed E-state index contributed by atoms with van der Waals surface area (Å²) in [7, 11) is -1.31. The third-order valence-corrected chi connectivity index (χ3v) is 9.02. The fraction of sp³-hybridized carbons (Fsp3) is 0.0714. The molecule has 168 valence electrons. The second kappa shape index (κ2) is 9.12. The number of hydrogen-bond donors (Lipinski definition) is 0. The molecule has 5 aromatic rings. The van der Waals surface area contributed by atoms with E-state index in [1.807, 2.05) is 109 Å². The Balaban J connectivity index is 1.75. The zero-order valence-corrected chi connectivity index (χ0v) is 19.7. The Labute approximate surface area is 198 Å². The van der Waals surface area contributed by atoms with E-state index in [9.17, 15) is 9.36 Å². The normalized spacial score (nSPS) is 11.4. The van der Waals surface area contributed by atoms with Gasteiger partial charge in [-0.2, -0.15) is 0 Å². The van der Waals surface area contributed by atoms with E-state index in [1.165, 1.54) is 0 Å². The molecule has 0 atom stereocenters. The van der Waals surface area contributed by atoms with E-state index in [1.54, 1.807) is 22.9 Å². The molecule has 0 aliphatic rings. The molecule has 0 amide bonds. The van der Waals surface area contributed by atoms with Gasteiger partial charge in [0.15, 0.2) is 0 Å². The van der Waals surface area contributed by atoms with Gasteiger partial charge in [-0.05, 0) is 29.7 Å². The quantitative estimate of drug-likeness (QED) is 0.338. The maximum atomic E-state index is 14.8. The molecule has 0 saturated heterocycles. The van der Waals surface area contributed by atoms with Crippen LogP contribution in [0.1, 0.15) is 5.69 Å². The lowest BCUT2D eigenvalue weighted by Crippen LogP contribution is -2.39. The number of anilines is 1. The molecule has 0 saturated carbocycles. The highest BCUT2D eigenvalue weighted by atomic mass is 31.2. The molecule has 5 nitrogen and oxygen atoms in total. The van der Waals surface area contributed by atoms with Gasteiger partial charge in [0.25, 0.3) is 5.56 Å². The average Bonchev–Trinajstić information content (AvgIpc) is 2.90.